The van der Waals surface area contributed by atoms with Crippen LogP contribution in [0.1, 0.15) is 47.2 Å². The van der Waals surface area contributed by atoms with Crippen molar-refractivity contribution in [2.45, 2.75) is 55.4 Å². The zero-order valence-corrected chi connectivity index (χ0v) is 33.7. The quantitative estimate of drug-likeness (QED) is 0.0963. The van der Waals surface area contributed by atoms with Gasteiger partial charge in [-0.3, -0.25) is 0 Å². The molecule has 0 aliphatic carbocycles. The first-order chi connectivity index (χ1) is 23.6. The van der Waals surface area contributed by atoms with E-state index < -0.39 is 7.92 Å². The van der Waals surface area contributed by atoms with Gasteiger partial charge >= 0.3 is 55.5 Å². The molecule has 0 amide bonds. The summed E-state index contributed by atoms with van der Waals surface area (Å²) in [6.45, 7) is 21.7. The van der Waals surface area contributed by atoms with E-state index in [0.29, 0.717) is 0 Å². The largest absolute Gasteiger partial charge is 0.502 e. The van der Waals surface area contributed by atoms with Crippen LogP contribution < -0.4 is 25.7 Å². The Morgan fingerprint density at radius 3 is 1.18 bits per heavy atom. The minimum absolute atomic E-state index is 0.0150. The second-order valence-corrected chi connectivity index (χ2v) is 17.3. The number of benzene rings is 5. The molecule has 5 aromatic rings. The molecule has 0 radical (unpaired) electrons. The summed E-state index contributed by atoms with van der Waals surface area (Å²) >= 11 is -0.0150. The van der Waals surface area contributed by atoms with E-state index in [2.05, 4.69) is 187 Å². The molecule has 0 aromatic heterocycles. The zero-order chi connectivity index (χ0) is 35.3. The Hall–Kier alpha value is -3.35. The van der Waals surface area contributed by atoms with Crippen molar-refractivity contribution in [2.75, 3.05) is 22.9 Å². The molecule has 5 heteroatoms. The molecule has 0 bridgehead atoms. The Balaban J connectivity index is 0.000000188. The van der Waals surface area contributed by atoms with Gasteiger partial charge in [-0.25, -0.2) is 0 Å². The fourth-order valence-electron chi connectivity index (χ4n) is 6.54. The fraction of sp³-hybridized carbons (Fsp3) is 0.227. The van der Waals surface area contributed by atoms with Gasteiger partial charge in [-0.15, -0.1) is 0 Å². The van der Waals surface area contributed by atoms with Crippen LogP contribution in [-0.2, 0) is 15.7 Å². The number of nitrogens with zero attached hydrogens (tertiary/aromatic N) is 2. The average Bonchev–Trinajstić information content (AvgIpc) is 3.54. The van der Waals surface area contributed by atoms with E-state index in [1.54, 1.807) is 0 Å². The molecule has 0 atom stereocenters. The minimum Gasteiger partial charge on any atom is -0.502 e. The summed E-state index contributed by atoms with van der Waals surface area (Å²) < 4.78 is 2.02. The van der Waals surface area contributed by atoms with E-state index in [0.717, 1.165) is 13.1 Å². The van der Waals surface area contributed by atoms with Crippen molar-refractivity contribution in [3.8, 4) is 0 Å². The first-order valence-electron chi connectivity index (χ1n) is 16.8. The fourth-order valence-corrected chi connectivity index (χ4v) is 10.1. The second kappa shape index (κ2) is 19.2. The molecule has 6 rings (SSSR count). The first-order valence-corrected chi connectivity index (χ1v) is 21.6. The van der Waals surface area contributed by atoms with Crippen molar-refractivity contribution in [3.05, 3.63) is 167 Å². The van der Waals surface area contributed by atoms with Gasteiger partial charge in [0.25, 0.3) is 0 Å². The summed E-state index contributed by atoms with van der Waals surface area (Å²) in [5, 5.41) is 4.31. The Labute approximate surface area is 308 Å². The van der Waals surface area contributed by atoms with Crippen molar-refractivity contribution in [3.63, 3.8) is 0 Å². The summed E-state index contributed by atoms with van der Waals surface area (Å²) in [5.41, 5.74) is 12.2. The molecule has 49 heavy (non-hydrogen) atoms. The van der Waals surface area contributed by atoms with Crippen LogP contribution in [-0.4, -0.2) is 17.7 Å². The molecule has 1 saturated heterocycles. The predicted octanol–water partition coefficient (Wildman–Crippen LogP) is 10.2. The normalized spacial score (nSPS) is 12.5. The smallest absolute Gasteiger partial charge is 0.102 e. The van der Waals surface area contributed by atoms with Crippen LogP contribution >= 0.6 is 17.6 Å². The van der Waals surface area contributed by atoms with Gasteiger partial charge in [-0.2, -0.15) is 6.67 Å². The van der Waals surface area contributed by atoms with Crippen molar-refractivity contribution < 1.29 is 15.7 Å². The summed E-state index contributed by atoms with van der Waals surface area (Å²) in [4.78, 5) is 4.81. The van der Waals surface area contributed by atoms with Gasteiger partial charge in [0.1, 0.15) is 15.9 Å². The third kappa shape index (κ3) is 11.1. The molecule has 1 fully saturated rings. The Kier molecular flexibility index (Phi) is 15.0. The molecule has 1 aliphatic heterocycles. The van der Waals surface area contributed by atoms with Crippen molar-refractivity contribution in [2.24, 2.45) is 0 Å². The molecule has 257 valence electrons. The molecule has 2 nitrogen and oxygen atoms in total. The first kappa shape index (κ1) is 38.5. The van der Waals surface area contributed by atoms with Crippen LogP contribution in [0.5, 0.6) is 0 Å². The van der Waals surface area contributed by atoms with Gasteiger partial charge < -0.3 is 9.80 Å². The van der Waals surface area contributed by atoms with Crippen LogP contribution in [0.2, 0.25) is 0 Å². The van der Waals surface area contributed by atoms with Gasteiger partial charge in [-0.05, 0) is 100 Å². The van der Waals surface area contributed by atoms with Crippen LogP contribution in [0.15, 0.2) is 127 Å². The zero-order valence-electron chi connectivity index (χ0n) is 30.2. The van der Waals surface area contributed by atoms with Crippen molar-refractivity contribution in [1.29, 1.82) is 0 Å². The maximum absolute atomic E-state index is 5.44. The van der Waals surface area contributed by atoms with Gasteiger partial charge in [0.2, 0.25) is 0 Å². The van der Waals surface area contributed by atoms with Crippen molar-refractivity contribution in [1.82, 2.24) is 0 Å². The molecule has 5 aromatic carbocycles. The molecule has 1 heterocycles. The number of halogens is 1. The number of aryl methyl sites for hydroxylation is 6. The Bertz CT molecular complexity index is 1630. The molecule has 0 unspecified atom stereocenters. The SMILES string of the molecule is CC(C)=C[CH]=[Ru][Cl].Cc1cc(C)c(N2[CH-]N(c3c(C)cc(C)cc3C)CC2)c(C)c1.c1ccc([PH+](c2ccccc2)c2ccccc2)cc1. The number of hydrogen-bond donors (Lipinski definition) is 0. The van der Waals surface area contributed by atoms with E-state index in [1.807, 2.05) is 10.7 Å². The van der Waals surface area contributed by atoms with Gasteiger partial charge in [0, 0.05) is 24.5 Å². The van der Waals surface area contributed by atoms with Crippen LogP contribution in [0.3, 0.4) is 0 Å². The molecule has 1 aliphatic rings. The summed E-state index contributed by atoms with van der Waals surface area (Å²) in [5.74, 6) is 0. The third-order valence-corrected chi connectivity index (χ3v) is 12.1. The average molecular weight is 775 g/mol. The summed E-state index contributed by atoms with van der Waals surface area (Å²) in [6, 6.07) is 41.6. The van der Waals surface area contributed by atoms with E-state index in [9.17, 15) is 0 Å². The maximum Gasteiger partial charge on any atom is 0.102 e. The molecule has 0 N–H and O–H groups in total. The molecule has 0 saturated carbocycles. The topological polar surface area (TPSA) is 6.48 Å². The van der Waals surface area contributed by atoms with Gasteiger partial charge in [0.15, 0.2) is 0 Å². The predicted molar refractivity (Wildman–Crippen MR) is 218 cm³/mol. The Morgan fingerprint density at radius 1 is 0.592 bits per heavy atom. The van der Waals surface area contributed by atoms with Crippen LogP contribution in [0.25, 0.3) is 0 Å². The van der Waals surface area contributed by atoms with E-state index >= 15 is 0 Å². The Morgan fingerprint density at radius 2 is 0.918 bits per heavy atom. The van der Waals surface area contributed by atoms with Gasteiger partial charge in [-0.1, -0.05) is 90.0 Å². The maximum atomic E-state index is 5.44. The molecular formula is C44H51ClN2PRu. The summed E-state index contributed by atoms with van der Waals surface area (Å²) in [7, 11) is 4.56. The van der Waals surface area contributed by atoms with Gasteiger partial charge in [0.05, 0.1) is 7.92 Å². The second-order valence-electron chi connectivity index (χ2n) is 12.9. The minimum atomic E-state index is -0.877. The molecule has 0 spiro atoms. The van der Waals surface area contributed by atoms with E-state index in [4.69, 9.17) is 9.69 Å². The number of allylic oxidation sites excluding steroid dienone is 2. The summed E-state index contributed by atoms with van der Waals surface area (Å²) in [6.07, 6.45) is 2.05. The van der Waals surface area contributed by atoms with E-state index in [-0.39, 0.29) is 15.7 Å². The van der Waals surface area contributed by atoms with Crippen LogP contribution in [0, 0.1) is 48.2 Å². The number of rotatable bonds is 6. The monoisotopic (exact) mass is 775 g/mol. The number of hydrogen-bond acceptors (Lipinski definition) is 2. The third-order valence-electron chi connectivity index (χ3n) is 8.33. The molecular weight excluding hydrogens is 724 g/mol. The number of anilines is 2. The van der Waals surface area contributed by atoms with E-state index in [1.165, 1.54) is 66.2 Å². The van der Waals surface area contributed by atoms with Crippen LogP contribution in [0.4, 0.5) is 11.4 Å². The van der Waals surface area contributed by atoms with Crippen molar-refractivity contribution >= 4 is 49.5 Å². The standard InChI is InChI=1S/C21H27N2.C18H15P.C5H8.ClH.Ru/c1-14-9-16(3)20(17(4)10-14)22-7-8-23(13-22)21-18(5)11-15(2)12-19(21)6;1-4-10-16(11-5-1)19(17-12-6-2-7-13-17)18-14-8-3-9-15-18;1-4-5(2)3;;/h9-13H,7-8H2,1-6H3;1-15H;1,4H,2-3H3;1H;/q-1;;;;+1.